The van der Waals surface area contributed by atoms with E-state index < -0.39 is 0 Å². The maximum atomic E-state index is 12.2. The second-order valence-electron chi connectivity index (χ2n) is 6.83. The van der Waals surface area contributed by atoms with E-state index in [1.807, 2.05) is 12.1 Å². The van der Waals surface area contributed by atoms with E-state index in [1.165, 1.54) is 19.3 Å². The molecule has 1 saturated heterocycles. The molecule has 0 atom stereocenters. The largest absolute Gasteiger partial charge is 0.357 e. The van der Waals surface area contributed by atoms with Crippen molar-refractivity contribution in [3.63, 3.8) is 0 Å². The monoisotopic (exact) mass is 341 g/mol. The number of amides is 1. The Morgan fingerprint density at radius 3 is 2.76 bits per heavy atom. The van der Waals surface area contributed by atoms with Gasteiger partial charge in [0, 0.05) is 30.9 Å². The number of anilines is 1. The summed E-state index contributed by atoms with van der Waals surface area (Å²) in [5, 5.41) is 6.94. The summed E-state index contributed by atoms with van der Waals surface area (Å²) >= 11 is 0. The van der Waals surface area contributed by atoms with Crippen LogP contribution in [0.5, 0.6) is 0 Å². The van der Waals surface area contributed by atoms with Gasteiger partial charge in [-0.1, -0.05) is 18.0 Å². The molecule has 0 radical (unpaired) electrons. The van der Waals surface area contributed by atoms with Crippen LogP contribution in [0.3, 0.4) is 0 Å². The molecule has 1 amide bonds. The maximum Gasteiger partial charge on any atom is 0.316 e. The quantitative estimate of drug-likeness (QED) is 0.920. The molecular formula is C18H23N5O2. The summed E-state index contributed by atoms with van der Waals surface area (Å²) in [4.78, 5) is 23.2. The zero-order valence-electron chi connectivity index (χ0n) is 14.3. The van der Waals surface area contributed by atoms with Gasteiger partial charge >= 0.3 is 11.8 Å². The fourth-order valence-corrected chi connectivity index (χ4v) is 3.60. The Hall–Kier alpha value is -2.44. The van der Waals surface area contributed by atoms with Crippen LogP contribution in [0.4, 0.5) is 5.82 Å². The molecule has 0 aromatic carbocycles. The Kier molecular flexibility index (Phi) is 4.63. The highest BCUT2D eigenvalue weighted by molar-refractivity contribution is 5.90. The fourth-order valence-electron chi connectivity index (χ4n) is 3.60. The topological polar surface area (TPSA) is 84.2 Å². The average molecular weight is 341 g/mol. The first kappa shape index (κ1) is 16.1. The van der Waals surface area contributed by atoms with Gasteiger partial charge in [-0.15, -0.1) is 0 Å². The van der Waals surface area contributed by atoms with Crippen LogP contribution in [-0.4, -0.2) is 40.2 Å². The Morgan fingerprint density at radius 1 is 1.16 bits per heavy atom. The first-order valence-corrected chi connectivity index (χ1v) is 9.15. The summed E-state index contributed by atoms with van der Waals surface area (Å²) < 4.78 is 5.17. The summed E-state index contributed by atoms with van der Waals surface area (Å²) in [5.74, 6) is 1.10. The lowest BCUT2D eigenvalue weighted by atomic mass is 10.1. The summed E-state index contributed by atoms with van der Waals surface area (Å²) in [6, 6.07) is 4.04. The number of carbonyl (C=O) groups is 1. The maximum absolute atomic E-state index is 12.2. The minimum Gasteiger partial charge on any atom is -0.357 e. The molecule has 7 nitrogen and oxygen atoms in total. The van der Waals surface area contributed by atoms with Crippen molar-refractivity contribution in [1.82, 2.24) is 20.4 Å². The molecule has 1 N–H and O–H groups in total. The van der Waals surface area contributed by atoms with E-state index in [4.69, 9.17) is 4.52 Å². The highest BCUT2D eigenvalue weighted by Gasteiger charge is 2.22. The fraction of sp³-hybridized carbons (Fsp3) is 0.556. The molecule has 2 aromatic heterocycles. The second kappa shape index (κ2) is 7.21. The van der Waals surface area contributed by atoms with E-state index in [9.17, 15) is 4.79 Å². The summed E-state index contributed by atoms with van der Waals surface area (Å²) in [6.45, 7) is 2.05. The number of pyridine rings is 1. The van der Waals surface area contributed by atoms with Crippen LogP contribution in [0.25, 0.3) is 11.4 Å². The highest BCUT2D eigenvalue weighted by Crippen LogP contribution is 2.23. The third-order valence-electron chi connectivity index (χ3n) is 4.99. The van der Waals surface area contributed by atoms with Crippen LogP contribution in [0.2, 0.25) is 0 Å². The molecule has 4 rings (SSSR count). The lowest BCUT2D eigenvalue weighted by Gasteiger charge is -2.27. The van der Waals surface area contributed by atoms with Gasteiger partial charge in [-0.2, -0.15) is 4.98 Å². The smallest absolute Gasteiger partial charge is 0.316 e. The van der Waals surface area contributed by atoms with Gasteiger partial charge in [0.2, 0.25) is 5.82 Å². The van der Waals surface area contributed by atoms with Gasteiger partial charge in [-0.3, -0.25) is 4.79 Å². The molecule has 0 unspecified atom stereocenters. The highest BCUT2D eigenvalue weighted by atomic mass is 16.5. The van der Waals surface area contributed by atoms with Crippen molar-refractivity contribution in [2.24, 2.45) is 0 Å². The molecule has 132 valence electrons. The van der Waals surface area contributed by atoms with Gasteiger partial charge in [0.1, 0.15) is 5.82 Å². The van der Waals surface area contributed by atoms with E-state index in [1.54, 1.807) is 6.20 Å². The van der Waals surface area contributed by atoms with E-state index in [2.05, 4.69) is 25.3 Å². The normalized spacial score (nSPS) is 18.5. The van der Waals surface area contributed by atoms with Gasteiger partial charge in [0.25, 0.3) is 0 Å². The Labute approximate surface area is 146 Å². The van der Waals surface area contributed by atoms with Crippen molar-refractivity contribution in [2.75, 3.05) is 18.0 Å². The molecular weight excluding hydrogens is 318 g/mol. The number of aromatic nitrogens is 3. The minimum absolute atomic E-state index is 0.0261. The molecule has 7 heteroatoms. The van der Waals surface area contributed by atoms with Crippen molar-refractivity contribution in [3.05, 3.63) is 24.2 Å². The van der Waals surface area contributed by atoms with Gasteiger partial charge in [0.05, 0.1) is 0 Å². The van der Waals surface area contributed by atoms with E-state index in [0.29, 0.717) is 5.82 Å². The molecule has 25 heavy (non-hydrogen) atoms. The Morgan fingerprint density at radius 2 is 1.96 bits per heavy atom. The van der Waals surface area contributed by atoms with Gasteiger partial charge in [-0.25, -0.2) is 4.98 Å². The van der Waals surface area contributed by atoms with Crippen molar-refractivity contribution in [1.29, 1.82) is 0 Å². The number of nitrogens with one attached hydrogen (secondary N) is 1. The number of hydrogen-bond acceptors (Lipinski definition) is 6. The van der Waals surface area contributed by atoms with Crippen LogP contribution in [0, 0.1) is 0 Å². The Bertz CT molecular complexity index is 733. The van der Waals surface area contributed by atoms with Crippen molar-refractivity contribution in [2.45, 2.75) is 51.0 Å². The van der Waals surface area contributed by atoms with Crippen molar-refractivity contribution >= 4 is 11.7 Å². The molecule has 0 bridgehead atoms. The molecule has 0 spiro atoms. The van der Waals surface area contributed by atoms with E-state index in [-0.39, 0.29) is 17.8 Å². The van der Waals surface area contributed by atoms with Crippen LogP contribution in [0.15, 0.2) is 22.9 Å². The summed E-state index contributed by atoms with van der Waals surface area (Å²) in [7, 11) is 0. The van der Waals surface area contributed by atoms with Crippen LogP contribution < -0.4 is 10.2 Å². The van der Waals surface area contributed by atoms with E-state index in [0.717, 1.165) is 50.2 Å². The Balaban J connectivity index is 1.48. The molecule has 2 aliphatic rings. The van der Waals surface area contributed by atoms with Crippen molar-refractivity contribution in [3.8, 4) is 11.4 Å². The SMILES string of the molecule is O=C(NC1CCCC1)c1nc(-c2ccnc(N3CCCCC3)c2)no1. The predicted molar refractivity (Wildman–Crippen MR) is 93.3 cm³/mol. The third-order valence-corrected chi connectivity index (χ3v) is 4.99. The van der Waals surface area contributed by atoms with Crippen molar-refractivity contribution < 1.29 is 9.32 Å². The molecule has 1 aliphatic heterocycles. The minimum atomic E-state index is -0.282. The van der Waals surface area contributed by atoms with Crippen LogP contribution in [0.1, 0.15) is 55.6 Å². The summed E-state index contributed by atoms with van der Waals surface area (Å²) in [6.07, 6.45) is 9.80. The molecule has 1 saturated carbocycles. The molecule has 2 aromatic rings. The molecule has 3 heterocycles. The predicted octanol–water partition coefficient (Wildman–Crippen LogP) is 2.79. The number of nitrogens with zero attached hydrogens (tertiary/aromatic N) is 4. The van der Waals surface area contributed by atoms with Gasteiger partial charge in [0.15, 0.2) is 0 Å². The lowest BCUT2D eigenvalue weighted by Crippen LogP contribution is -2.32. The number of rotatable bonds is 4. The second-order valence-corrected chi connectivity index (χ2v) is 6.83. The number of hydrogen-bond donors (Lipinski definition) is 1. The zero-order valence-corrected chi connectivity index (χ0v) is 14.3. The number of piperidine rings is 1. The summed E-state index contributed by atoms with van der Waals surface area (Å²) in [5.41, 5.74) is 0.819. The molecule has 1 aliphatic carbocycles. The van der Waals surface area contributed by atoms with Crippen LogP contribution >= 0.6 is 0 Å². The lowest BCUT2D eigenvalue weighted by molar-refractivity contribution is 0.0893. The standard InChI is InChI=1S/C18H23N5O2/c24-17(20-14-6-2-3-7-14)18-21-16(22-25-18)13-8-9-19-15(12-13)23-10-4-1-5-11-23/h8-9,12,14H,1-7,10-11H2,(H,20,24). The van der Waals surface area contributed by atoms with Crippen LogP contribution in [-0.2, 0) is 0 Å². The zero-order chi connectivity index (χ0) is 17.1. The molecule has 2 fully saturated rings. The van der Waals surface area contributed by atoms with Gasteiger partial charge in [-0.05, 0) is 44.2 Å². The first-order chi connectivity index (χ1) is 12.3. The third kappa shape index (κ3) is 3.65. The number of carbonyl (C=O) groups excluding carboxylic acids is 1. The first-order valence-electron chi connectivity index (χ1n) is 9.15. The van der Waals surface area contributed by atoms with Gasteiger partial charge < -0.3 is 14.7 Å². The van der Waals surface area contributed by atoms with E-state index >= 15 is 0 Å². The average Bonchev–Trinajstić information content (AvgIpc) is 3.34.